The maximum Gasteiger partial charge on any atom is 0.00766 e. The Labute approximate surface area is 82.7 Å². The second kappa shape index (κ2) is 6.39. The molecule has 0 aromatic carbocycles. The monoisotopic (exact) mass is 184 g/mol. The zero-order chi connectivity index (χ0) is 9.52. The summed E-state index contributed by atoms with van der Waals surface area (Å²) < 4.78 is 0. The first-order valence-corrected chi connectivity index (χ1v) is 5.82. The van der Waals surface area contributed by atoms with E-state index < -0.39 is 0 Å². The minimum Gasteiger partial charge on any atom is -0.314 e. The molecule has 1 rings (SSSR count). The highest BCUT2D eigenvalue weighted by molar-refractivity contribution is 4.71. The number of nitrogens with zero attached hydrogens (tertiary/aromatic N) is 1. The number of nitrogens with one attached hydrogen (secondary N) is 1. The van der Waals surface area contributed by atoms with E-state index in [1.807, 2.05) is 0 Å². The molecule has 0 aliphatic carbocycles. The number of hydrogen-bond donors (Lipinski definition) is 1. The van der Waals surface area contributed by atoms with Crippen molar-refractivity contribution in [3.8, 4) is 0 Å². The van der Waals surface area contributed by atoms with Crippen molar-refractivity contribution in [3.63, 3.8) is 0 Å². The molecule has 0 aromatic heterocycles. The van der Waals surface area contributed by atoms with Crippen LogP contribution in [0.25, 0.3) is 0 Å². The van der Waals surface area contributed by atoms with Gasteiger partial charge in [0.05, 0.1) is 0 Å². The third-order valence-electron chi connectivity index (χ3n) is 2.91. The van der Waals surface area contributed by atoms with Crippen molar-refractivity contribution in [2.45, 2.75) is 45.6 Å². The van der Waals surface area contributed by atoms with Gasteiger partial charge in [0.15, 0.2) is 0 Å². The van der Waals surface area contributed by atoms with Gasteiger partial charge in [-0.3, -0.25) is 0 Å². The van der Waals surface area contributed by atoms with E-state index in [-0.39, 0.29) is 0 Å². The maximum atomic E-state index is 3.61. The van der Waals surface area contributed by atoms with E-state index in [9.17, 15) is 0 Å². The van der Waals surface area contributed by atoms with Crippen molar-refractivity contribution in [2.75, 3.05) is 26.2 Å². The van der Waals surface area contributed by atoms with Gasteiger partial charge in [-0.05, 0) is 51.9 Å². The van der Waals surface area contributed by atoms with Gasteiger partial charge in [0.1, 0.15) is 0 Å². The molecule has 0 radical (unpaired) electrons. The Morgan fingerprint density at radius 2 is 2.15 bits per heavy atom. The van der Waals surface area contributed by atoms with Crippen molar-refractivity contribution in [2.24, 2.45) is 0 Å². The van der Waals surface area contributed by atoms with E-state index in [4.69, 9.17) is 0 Å². The lowest BCUT2D eigenvalue weighted by atomic mass is 10.1. The molecule has 1 saturated heterocycles. The van der Waals surface area contributed by atoms with E-state index in [0.29, 0.717) is 0 Å². The fraction of sp³-hybridized carbons (Fsp3) is 1.00. The predicted octanol–water partition coefficient (Wildman–Crippen LogP) is 1.86. The zero-order valence-corrected chi connectivity index (χ0v) is 9.18. The van der Waals surface area contributed by atoms with Crippen LogP contribution >= 0.6 is 0 Å². The van der Waals surface area contributed by atoms with Gasteiger partial charge in [-0.1, -0.05) is 13.8 Å². The molecule has 78 valence electrons. The molecule has 0 saturated carbocycles. The minimum absolute atomic E-state index is 0.764. The maximum absolute atomic E-state index is 3.61. The smallest absolute Gasteiger partial charge is 0.00766 e. The highest BCUT2D eigenvalue weighted by atomic mass is 15.1. The molecular weight excluding hydrogens is 160 g/mol. The molecule has 2 heteroatoms. The Morgan fingerprint density at radius 3 is 2.85 bits per heavy atom. The van der Waals surface area contributed by atoms with E-state index in [1.54, 1.807) is 0 Å². The van der Waals surface area contributed by atoms with Crippen molar-refractivity contribution in [1.29, 1.82) is 0 Å². The standard InChI is InChI=1S/C11H24N2/c1-3-8-13-9-5-7-12-11(4-2)6-10-13/h11-12H,3-10H2,1-2H3. The molecule has 13 heavy (non-hydrogen) atoms. The van der Waals surface area contributed by atoms with Crippen LogP contribution in [0, 0.1) is 0 Å². The lowest BCUT2D eigenvalue weighted by molar-refractivity contribution is 0.232. The quantitative estimate of drug-likeness (QED) is 0.720. The fourth-order valence-corrected chi connectivity index (χ4v) is 2.05. The average molecular weight is 184 g/mol. The Bertz CT molecular complexity index is 125. The van der Waals surface area contributed by atoms with Gasteiger partial charge in [0, 0.05) is 6.04 Å². The number of rotatable bonds is 3. The van der Waals surface area contributed by atoms with E-state index in [0.717, 1.165) is 6.04 Å². The van der Waals surface area contributed by atoms with Crippen molar-refractivity contribution < 1.29 is 0 Å². The molecule has 0 amide bonds. The van der Waals surface area contributed by atoms with Gasteiger partial charge >= 0.3 is 0 Å². The first-order valence-electron chi connectivity index (χ1n) is 5.82. The zero-order valence-electron chi connectivity index (χ0n) is 9.18. The lowest BCUT2D eigenvalue weighted by Gasteiger charge is -2.28. The highest BCUT2D eigenvalue weighted by Crippen LogP contribution is 2.05. The molecule has 1 heterocycles. The van der Waals surface area contributed by atoms with Crippen molar-refractivity contribution in [1.82, 2.24) is 10.2 Å². The second-order valence-electron chi connectivity index (χ2n) is 4.04. The Morgan fingerprint density at radius 1 is 1.31 bits per heavy atom. The Kier molecular flexibility index (Phi) is 5.40. The molecule has 0 bridgehead atoms. The minimum atomic E-state index is 0.764. The molecule has 1 fully saturated rings. The van der Waals surface area contributed by atoms with Crippen LogP contribution in [0.3, 0.4) is 0 Å². The van der Waals surface area contributed by atoms with Crippen LogP contribution in [0.15, 0.2) is 0 Å². The van der Waals surface area contributed by atoms with Gasteiger partial charge in [0.25, 0.3) is 0 Å². The summed E-state index contributed by atoms with van der Waals surface area (Å²) in [6, 6.07) is 0.764. The van der Waals surface area contributed by atoms with Crippen LogP contribution in [-0.4, -0.2) is 37.1 Å². The fourth-order valence-electron chi connectivity index (χ4n) is 2.05. The van der Waals surface area contributed by atoms with Crippen LogP contribution in [0.2, 0.25) is 0 Å². The van der Waals surface area contributed by atoms with Gasteiger partial charge in [-0.15, -0.1) is 0 Å². The summed E-state index contributed by atoms with van der Waals surface area (Å²) >= 11 is 0. The second-order valence-corrected chi connectivity index (χ2v) is 4.04. The first kappa shape index (κ1) is 11.0. The van der Waals surface area contributed by atoms with Gasteiger partial charge in [-0.2, -0.15) is 0 Å². The van der Waals surface area contributed by atoms with Gasteiger partial charge in [0.2, 0.25) is 0 Å². The van der Waals surface area contributed by atoms with E-state index >= 15 is 0 Å². The first-order chi connectivity index (χ1) is 6.36. The van der Waals surface area contributed by atoms with E-state index in [2.05, 4.69) is 24.1 Å². The highest BCUT2D eigenvalue weighted by Gasteiger charge is 2.12. The SMILES string of the molecule is CCCN1CCCNC(CC)CC1. The van der Waals surface area contributed by atoms with Crippen LogP contribution < -0.4 is 5.32 Å². The molecule has 1 aliphatic rings. The molecule has 0 aromatic rings. The molecule has 0 spiro atoms. The third kappa shape index (κ3) is 4.10. The molecule has 1 aliphatic heterocycles. The Hall–Kier alpha value is -0.0800. The Balaban J connectivity index is 2.27. The molecule has 1 N–H and O–H groups in total. The van der Waals surface area contributed by atoms with Gasteiger partial charge in [-0.25, -0.2) is 0 Å². The van der Waals surface area contributed by atoms with Crippen LogP contribution in [0.4, 0.5) is 0 Å². The van der Waals surface area contributed by atoms with Crippen LogP contribution in [-0.2, 0) is 0 Å². The summed E-state index contributed by atoms with van der Waals surface area (Å²) in [6.45, 7) is 9.63. The van der Waals surface area contributed by atoms with Crippen molar-refractivity contribution in [3.05, 3.63) is 0 Å². The number of hydrogen-bond acceptors (Lipinski definition) is 2. The lowest BCUT2D eigenvalue weighted by Crippen LogP contribution is -2.39. The summed E-state index contributed by atoms with van der Waals surface area (Å²) in [6.07, 6.45) is 5.22. The normalized spacial score (nSPS) is 26.8. The predicted molar refractivity (Wildman–Crippen MR) is 58.0 cm³/mol. The summed E-state index contributed by atoms with van der Waals surface area (Å²) in [5.41, 5.74) is 0. The summed E-state index contributed by atoms with van der Waals surface area (Å²) in [5, 5.41) is 3.61. The van der Waals surface area contributed by atoms with Gasteiger partial charge < -0.3 is 10.2 Å². The summed E-state index contributed by atoms with van der Waals surface area (Å²) in [4.78, 5) is 2.61. The molecule has 1 atom stereocenters. The summed E-state index contributed by atoms with van der Waals surface area (Å²) in [5.74, 6) is 0. The molecule has 1 unspecified atom stereocenters. The third-order valence-corrected chi connectivity index (χ3v) is 2.91. The average Bonchev–Trinajstić information content (AvgIpc) is 2.11. The van der Waals surface area contributed by atoms with Crippen LogP contribution in [0.5, 0.6) is 0 Å². The molecule has 2 nitrogen and oxygen atoms in total. The molecular formula is C11H24N2. The van der Waals surface area contributed by atoms with Crippen molar-refractivity contribution >= 4 is 0 Å². The van der Waals surface area contributed by atoms with E-state index in [1.165, 1.54) is 51.9 Å². The topological polar surface area (TPSA) is 15.3 Å². The largest absolute Gasteiger partial charge is 0.314 e. The summed E-state index contributed by atoms with van der Waals surface area (Å²) in [7, 11) is 0. The van der Waals surface area contributed by atoms with Crippen LogP contribution in [0.1, 0.15) is 39.5 Å².